The van der Waals surface area contributed by atoms with Crippen LogP contribution in [-0.4, -0.2) is 17.0 Å². The zero-order chi connectivity index (χ0) is 15.0. The highest BCUT2D eigenvalue weighted by Crippen LogP contribution is 2.17. The van der Waals surface area contributed by atoms with Gasteiger partial charge in [-0.25, -0.2) is 4.79 Å². The van der Waals surface area contributed by atoms with Crippen molar-refractivity contribution in [3.63, 3.8) is 0 Å². The van der Waals surface area contributed by atoms with Gasteiger partial charge >= 0.3 is 5.97 Å². The maximum Gasteiger partial charge on any atom is 0.328 e. The Hall–Kier alpha value is -2.10. The van der Waals surface area contributed by atoms with Crippen molar-refractivity contribution in [2.45, 2.75) is 39.5 Å². The molecular formula is C16H21NO3. The number of hydrogen-bond donors (Lipinski definition) is 2. The molecular weight excluding hydrogens is 254 g/mol. The normalized spacial score (nSPS) is 10.7. The van der Waals surface area contributed by atoms with Gasteiger partial charge in [-0.1, -0.05) is 25.8 Å². The van der Waals surface area contributed by atoms with Crippen LogP contribution < -0.4 is 5.32 Å². The van der Waals surface area contributed by atoms with Crippen molar-refractivity contribution in [1.82, 2.24) is 0 Å². The molecule has 0 bridgehead atoms. The van der Waals surface area contributed by atoms with Crippen molar-refractivity contribution in [3.05, 3.63) is 35.4 Å². The fraction of sp³-hybridized carbons (Fsp3) is 0.375. The molecule has 0 aliphatic heterocycles. The van der Waals surface area contributed by atoms with E-state index in [-0.39, 0.29) is 5.91 Å². The van der Waals surface area contributed by atoms with Gasteiger partial charge < -0.3 is 10.4 Å². The van der Waals surface area contributed by atoms with Gasteiger partial charge in [0, 0.05) is 18.2 Å². The number of rotatable bonds is 7. The number of hydrogen-bond acceptors (Lipinski definition) is 2. The highest BCUT2D eigenvalue weighted by atomic mass is 16.4. The number of aliphatic carboxylic acids is 1. The Morgan fingerprint density at radius 1 is 1.30 bits per heavy atom. The summed E-state index contributed by atoms with van der Waals surface area (Å²) in [7, 11) is 0. The van der Waals surface area contributed by atoms with Gasteiger partial charge in [0.05, 0.1) is 0 Å². The molecule has 0 spiro atoms. The molecule has 108 valence electrons. The van der Waals surface area contributed by atoms with Gasteiger partial charge in [0.15, 0.2) is 0 Å². The summed E-state index contributed by atoms with van der Waals surface area (Å²) in [5, 5.41) is 11.5. The Bertz CT molecular complexity index is 506. The summed E-state index contributed by atoms with van der Waals surface area (Å²) in [5.74, 6) is -0.992. The molecule has 0 aromatic heterocycles. The van der Waals surface area contributed by atoms with Crippen molar-refractivity contribution in [1.29, 1.82) is 0 Å². The molecule has 0 radical (unpaired) electrons. The fourth-order valence-corrected chi connectivity index (χ4v) is 1.82. The van der Waals surface area contributed by atoms with Crippen LogP contribution in [0.4, 0.5) is 5.69 Å². The van der Waals surface area contributed by atoms with Gasteiger partial charge in [-0.15, -0.1) is 0 Å². The second-order valence-corrected chi connectivity index (χ2v) is 4.75. The van der Waals surface area contributed by atoms with E-state index in [4.69, 9.17) is 5.11 Å². The molecule has 1 aromatic rings. The topological polar surface area (TPSA) is 66.4 Å². The van der Waals surface area contributed by atoms with E-state index in [1.165, 1.54) is 6.08 Å². The molecule has 4 heteroatoms. The van der Waals surface area contributed by atoms with E-state index in [2.05, 4.69) is 12.2 Å². The summed E-state index contributed by atoms with van der Waals surface area (Å²) in [6.07, 6.45) is 6.16. The quantitative estimate of drug-likeness (QED) is 0.590. The third-order valence-electron chi connectivity index (χ3n) is 2.98. The lowest BCUT2D eigenvalue weighted by atomic mass is 10.1. The minimum atomic E-state index is -0.988. The summed E-state index contributed by atoms with van der Waals surface area (Å²) in [6, 6.07) is 5.47. The first-order valence-corrected chi connectivity index (χ1v) is 6.84. The first-order valence-electron chi connectivity index (χ1n) is 6.84. The molecule has 0 aliphatic rings. The van der Waals surface area contributed by atoms with Gasteiger partial charge in [-0.2, -0.15) is 0 Å². The summed E-state index contributed by atoms with van der Waals surface area (Å²) in [5.41, 5.74) is 2.45. The van der Waals surface area contributed by atoms with Crippen LogP contribution in [-0.2, 0) is 9.59 Å². The molecule has 4 nitrogen and oxygen atoms in total. The van der Waals surface area contributed by atoms with E-state index in [9.17, 15) is 9.59 Å². The van der Waals surface area contributed by atoms with Crippen LogP contribution >= 0.6 is 0 Å². The summed E-state index contributed by atoms with van der Waals surface area (Å²) in [4.78, 5) is 22.3. The first kappa shape index (κ1) is 16.0. The molecule has 0 saturated heterocycles. The summed E-state index contributed by atoms with van der Waals surface area (Å²) >= 11 is 0. The molecule has 0 unspecified atom stereocenters. The predicted molar refractivity (Wildman–Crippen MR) is 80.6 cm³/mol. The largest absolute Gasteiger partial charge is 0.478 e. The fourth-order valence-electron chi connectivity index (χ4n) is 1.82. The summed E-state index contributed by atoms with van der Waals surface area (Å²) in [6.45, 7) is 3.99. The Labute approximate surface area is 119 Å². The lowest BCUT2D eigenvalue weighted by Crippen LogP contribution is -2.11. The number of nitrogens with one attached hydrogen (secondary N) is 1. The molecule has 0 heterocycles. The van der Waals surface area contributed by atoms with Gasteiger partial charge in [-0.05, 0) is 42.7 Å². The highest BCUT2D eigenvalue weighted by molar-refractivity contribution is 5.91. The SMILES string of the molecule is CCCCCC(=O)Nc1ccc(C)c(C=CC(=O)O)c1. The number of carboxylic acids is 1. The van der Waals surface area contributed by atoms with E-state index in [1.54, 1.807) is 6.07 Å². The van der Waals surface area contributed by atoms with Crippen molar-refractivity contribution >= 4 is 23.6 Å². The van der Waals surface area contributed by atoms with Gasteiger partial charge in [-0.3, -0.25) is 4.79 Å². The molecule has 0 aliphatic carbocycles. The van der Waals surface area contributed by atoms with Crippen LogP contribution in [0.2, 0.25) is 0 Å². The van der Waals surface area contributed by atoms with Crippen LogP contribution in [0.25, 0.3) is 6.08 Å². The molecule has 1 amide bonds. The Morgan fingerprint density at radius 2 is 2.05 bits per heavy atom. The standard InChI is InChI=1S/C16H21NO3/c1-3-4-5-6-15(18)17-14-9-7-12(2)13(11-14)8-10-16(19)20/h7-11H,3-6H2,1-2H3,(H,17,18)(H,19,20). The zero-order valence-corrected chi connectivity index (χ0v) is 12.0. The Kier molecular flexibility index (Phi) is 6.50. The third-order valence-corrected chi connectivity index (χ3v) is 2.98. The van der Waals surface area contributed by atoms with Crippen LogP contribution in [0.3, 0.4) is 0 Å². The van der Waals surface area contributed by atoms with Crippen molar-refractivity contribution in [2.75, 3.05) is 5.32 Å². The molecule has 1 rings (SSSR count). The van der Waals surface area contributed by atoms with Crippen LogP contribution in [0.1, 0.15) is 43.7 Å². The number of amides is 1. The van der Waals surface area contributed by atoms with E-state index in [0.717, 1.165) is 36.5 Å². The minimum Gasteiger partial charge on any atom is -0.478 e. The third kappa shape index (κ3) is 5.69. The smallest absolute Gasteiger partial charge is 0.328 e. The highest BCUT2D eigenvalue weighted by Gasteiger charge is 2.04. The van der Waals surface area contributed by atoms with Gasteiger partial charge in [0.25, 0.3) is 0 Å². The molecule has 0 fully saturated rings. The molecule has 0 atom stereocenters. The number of aryl methyl sites for hydroxylation is 1. The Balaban J connectivity index is 2.69. The Morgan fingerprint density at radius 3 is 2.70 bits per heavy atom. The maximum absolute atomic E-state index is 11.7. The number of carbonyl (C=O) groups excluding carboxylic acids is 1. The van der Waals surface area contributed by atoms with Gasteiger partial charge in [0.2, 0.25) is 5.91 Å². The molecule has 1 aromatic carbocycles. The average molecular weight is 275 g/mol. The number of unbranched alkanes of at least 4 members (excludes halogenated alkanes) is 2. The number of benzene rings is 1. The number of anilines is 1. The number of carboxylic acid groups (broad SMARTS) is 1. The van der Waals surface area contributed by atoms with E-state index < -0.39 is 5.97 Å². The van der Waals surface area contributed by atoms with Crippen LogP contribution in [0, 0.1) is 6.92 Å². The minimum absolute atomic E-state index is 0.00420. The first-order chi connectivity index (χ1) is 9.52. The molecule has 0 saturated carbocycles. The molecule has 2 N–H and O–H groups in total. The van der Waals surface area contributed by atoms with E-state index in [1.807, 2.05) is 19.1 Å². The second kappa shape index (κ2) is 8.15. The van der Waals surface area contributed by atoms with Crippen LogP contribution in [0.15, 0.2) is 24.3 Å². The second-order valence-electron chi connectivity index (χ2n) is 4.75. The van der Waals surface area contributed by atoms with Crippen molar-refractivity contribution in [2.24, 2.45) is 0 Å². The lowest BCUT2D eigenvalue weighted by molar-refractivity contribution is -0.131. The monoisotopic (exact) mass is 275 g/mol. The van der Waals surface area contributed by atoms with Crippen molar-refractivity contribution < 1.29 is 14.7 Å². The van der Waals surface area contributed by atoms with E-state index in [0.29, 0.717) is 12.1 Å². The predicted octanol–water partition coefficient (Wildman–Crippen LogP) is 3.61. The van der Waals surface area contributed by atoms with Crippen LogP contribution in [0.5, 0.6) is 0 Å². The van der Waals surface area contributed by atoms with E-state index >= 15 is 0 Å². The molecule has 20 heavy (non-hydrogen) atoms. The summed E-state index contributed by atoms with van der Waals surface area (Å²) < 4.78 is 0. The van der Waals surface area contributed by atoms with Crippen molar-refractivity contribution in [3.8, 4) is 0 Å². The van der Waals surface area contributed by atoms with Gasteiger partial charge in [0.1, 0.15) is 0 Å². The zero-order valence-electron chi connectivity index (χ0n) is 12.0. The lowest BCUT2D eigenvalue weighted by Gasteiger charge is -2.08. The number of carbonyl (C=O) groups is 2. The maximum atomic E-state index is 11.7. The average Bonchev–Trinajstić information content (AvgIpc) is 2.39.